The van der Waals surface area contributed by atoms with Crippen LogP contribution in [0.2, 0.25) is 0 Å². The van der Waals surface area contributed by atoms with Crippen LogP contribution >= 0.6 is 11.8 Å². The molecule has 0 radical (unpaired) electrons. The standard InChI is InChI=1S/C26H39NO4S/c1-26(25(28)29,31-22-7-3-2-4-8-22)19-20-11-13-21(14-12-20)30-17-15-27-16-18-32-24-10-6-5-9-23(24)27/h2-4,7-8,20-21,23-24H,5-6,9-19H2,1H3,(H,28,29). The van der Waals surface area contributed by atoms with E-state index in [1.54, 1.807) is 6.92 Å². The molecule has 2 aliphatic carbocycles. The van der Waals surface area contributed by atoms with Crippen molar-refractivity contribution in [1.82, 2.24) is 4.90 Å². The molecule has 3 unspecified atom stereocenters. The highest BCUT2D eigenvalue weighted by Crippen LogP contribution is 2.36. The molecule has 1 aromatic carbocycles. The number of carboxylic acid groups (broad SMARTS) is 1. The molecule has 5 nitrogen and oxygen atoms in total. The molecule has 178 valence electrons. The number of nitrogens with zero attached hydrogens (tertiary/aromatic N) is 1. The summed E-state index contributed by atoms with van der Waals surface area (Å²) in [4.78, 5) is 14.7. The molecular formula is C26H39NO4S. The van der Waals surface area contributed by atoms with E-state index in [-0.39, 0.29) is 0 Å². The molecule has 0 aromatic heterocycles. The Morgan fingerprint density at radius 2 is 1.88 bits per heavy atom. The van der Waals surface area contributed by atoms with Crippen molar-refractivity contribution in [2.45, 2.75) is 87.7 Å². The minimum atomic E-state index is -1.19. The molecule has 1 heterocycles. The summed E-state index contributed by atoms with van der Waals surface area (Å²) in [6.45, 7) is 4.80. The van der Waals surface area contributed by atoms with E-state index in [9.17, 15) is 9.90 Å². The number of hydrogen-bond donors (Lipinski definition) is 1. The SMILES string of the molecule is CC(CC1CCC(OCCN2CCSC3CCCCC32)CC1)(Oc1ccccc1)C(=O)O. The fraction of sp³-hybridized carbons (Fsp3) is 0.731. The van der Waals surface area contributed by atoms with Crippen LogP contribution < -0.4 is 4.74 Å². The van der Waals surface area contributed by atoms with Crippen molar-refractivity contribution < 1.29 is 19.4 Å². The van der Waals surface area contributed by atoms with Crippen molar-refractivity contribution in [2.75, 3.05) is 25.4 Å². The Bertz CT molecular complexity index is 722. The number of carboxylic acids is 1. The van der Waals surface area contributed by atoms with Crippen LogP contribution in [0.5, 0.6) is 5.75 Å². The Hall–Kier alpha value is -1.24. The first kappa shape index (κ1) is 23.9. The number of carbonyl (C=O) groups is 1. The van der Waals surface area contributed by atoms with Crippen molar-refractivity contribution >= 4 is 17.7 Å². The number of aliphatic carboxylic acids is 1. The number of para-hydroxylation sites is 1. The van der Waals surface area contributed by atoms with Gasteiger partial charge in [0.2, 0.25) is 5.60 Å². The van der Waals surface area contributed by atoms with E-state index in [1.165, 1.54) is 38.0 Å². The first-order valence-electron chi connectivity index (χ1n) is 12.5. The van der Waals surface area contributed by atoms with Gasteiger partial charge in [0.25, 0.3) is 0 Å². The average molecular weight is 462 g/mol. The summed E-state index contributed by atoms with van der Waals surface area (Å²) in [5.74, 6) is 1.35. The highest BCUT2D eigenvalue weighted by Gasteiger charge is 2.39. The van der Waals surface area contributed by atoms with Crippen LogP contribution in [0.25, 0.3) is 0 Å². The van der Waals surface area contributed by atoms with E-state index >= 15 is 0 Å². The molecule has 0 amide bonds. The zero-order valence-electron chi connectivity index (χ0n) is 19.4. The number of thioether (sulfide) groups is 1. The predicted molar refractivity (Wildman–Crippen MR) is 130 cm³/mol. The van der Waals surface area contributed by atoms with Gasteiger partial charge in [-0.1, -0.05) is 31.0 Å². The summed E-state index contributed by atoms with van der Waals surface area (Å²) in [6.07, 6.45) is 10.5. The van der Waals surface area contributed by atoms with Crippen molar-refractivity contribution in [1.29, 1.82) is 0 Å². The van der Waals surface area contributed by atoms with Gasteiger partial charge < -0.3 is 14.6 Å². The topological polar surface area (TPSA) is 59.0 Å². The molecule has 0 spiro atoms. The maximum Gasteiger partial charge on any atom is 0.347 e. The van der Waals surface area contributed by atoms with Crippen LogP contribution in [-0.4, -0.2) is 64.4 Å². The predicted octanol–water partition coefficient (Wildman–Crippen LogP) is 5.23. The molecule has 32 heavy (non-hydrogen) atoms. The summed E-state index contributed by atoms with van der Waals surface area (Å²) < 4.78 is 12.2. The van der Waals surface area contributed by atoms with Crippen LogP contribution in [0.1, 0.15) is 64.7 Å². The Morgan fingerprint density at radius 3 is 2.62 bits per heavy atom. The van der Waals surface area contributed by atoms with Gasteiger partial charge in [-0.25, -0.2) is 4.79 Å². The molecule has 1 aliphatic heterocycles. The van der Waals surface area contributed by atoms with E-state index in [4.69, 9.17) is 9.47 Å². The molecule has 1 N–H and O–H groups in total. The Labute approximate surface area is 197 Å². The molecular weight excluding hydrogens is 422 g/mol. The summed E-state index contributed by atoms with van der Waals surface area (Å²) >= 11 is 2.18. The Morgan fingerprint density at radius 1 is 1.12 bits per heavy atom. The van der Waals surface area contributed by atoms with Crippen LogP contribution in [0, 0.1) is 5.92 Å². The first-order valence-corrected chi connectivity index (χ1v) is 13.5. The van der Waals surface area contributed by atoms with Gasteiger partial charge in [-0.05, 0) is 63.5 Å². The smallest absolute Gasteiger partial charge is 0.347 e. The number of fused-ring (bicyclic) bond motifs is 1. The van der Waals surface area contributed by atoms with Gasteiger partial charge in [-0.3, -0.25) is 4.90 Å². The second-order valence-corrected chi connectivity index (χ2v) is 11.3. The molecule has 3 fully saturated rings. The maximum atomic E-state index is 12.0. The number of rotatable bonds is 9. The Kier molecular flexibility index (Phi) is 8.41. The zero-order valence-corrected chi connectivity index (χ0v) is 20.2. The first-order chi connectivity index (χ1) is 15.5. The maximum absolute atomic E-state index is 12.0. The molecule has 6 heteroatoms. The summed E-state index contributed by atoms with van der Waals surface area (Å²) in [5, 5.41) is 10.7. The molecule has 0 bridgehead atoms. The third-order valence-electron chi connectivity index (χ3n) is 7.59. The monoisotopic (exact) mass is 461 g/mol. The van der Waals surface area contributed by atoms with E-state index in [2.05, 4.69) is 16.7 Å². The number of ether oxygens (including phenoxy) is 2. The van der Waals surface area contributed by atoms with Crippen molar-refractivity contribution in [3.05, 3.63) is 30.3 Å². The lowest BCUT2D eigenvalue weighted by Crippen LogP contribution is -2.50. The highest BCUT2D eigenvalue weighted by atomic mass is 32.2. The fourth-order valence-corrected chi connectivity index (χ4v) is 7.27. The Balaban J connectivity index is 1.19. The van der Waals surface area contributed by atoms with Crippen molar-refractivity contribution in [3.8, 4) is 5.75 Å². The fourth-order valence-electron chi connectivity index (χ4n) is 5.77. The van der Waals surface area contributed by atoms with Crippen LogP contribution in [0.4, 0.5) is 0 Å². The van der Waals surface area contributed by atoms with Crippen LogP contribution in [-0.2, 0) is 9.53 Å². The molecule has 3 aliphatic rings. The third-order valence-corrected chi connectivity index (χ3v) is 8.99. The van der Waals surface area contributed by atoms with E-state index in [0.717, 1.165) is 50.1 Å². The largest absolute Gasteiger partial charge is 0.478 e. The summed E-state index contributed by atoms with van der Waals surface area (Å²) in [7, 11) is 0. The van der Waals surface area contributed by atoms with E-state index in [1.807, 2.05) is 30.3 Å². The minimum absolute atomic E-state index is 0.318. The van der Waals surface area contributed by atoms with Gasteiger partial charge >= 0.3 is 5.97 Å². The van der Waals surface area contributed by atoms with Crippen LogP contribution in [0.3, 0.4) is 0 Å². The van der Waals surface area contributed by atoms with Gasteiger partial charge in [-0.2, -0.15) is 11.8 Å². The second-order valence-electron chi connectivity index (χ2n) is 9.97. The van der Waals surface area contributed by atoms with Gasteiger partial charge in [0, 0.05) is 36.6 Å². The molecule has 1 aromatic rings. The normalized spacial score (nSPS) is 30.8. The summed E-state index contributed by atoms with van der Waals surface area (Å²) in [5.41, 5.74) is -1.19. The number of hydrogen-bond acceptors (Lipinski definition) is 5. The quantitative estimate of drug-likeness (QED) is 0.543. The summed E-state index contributed by atoms with van der Waals surface area (Å²) in [6, 6.07) is 10.1. The van der Waals surface area contributed by atoms with Crippen molar-refractivity contribution in [2.24, 2.45) is 5.92 Å². The molecule has 2 saturated carbocycles. The van der Waals surface area contributed by atoms with E-state index in [0.29, 0.717) is 24.2 Å². The van der Waals surface area contributed by atoms with Crippen molar-refractivity contribution in [3.63, 3.8) is 0 Å². The lowest BCUT2D eigenvalue weighted by atomic mass is 9.80. The van der Waals surface area contributed by atoms with Crippen LogP contribution in [0.15, 0.2) is 30.3 Å². The third kappa shape index (κ3) is 6.21. The average Bonchev–Trinajstić information content (AvgIpc) is 2.81. The second kappa shape index (κ2) is 11.3. The van der Waals surface area contributed by atoms with Gasteiger partial charge in [0.15, 0.2) is 0 Å². The highest BCUT2D eigenvalue weighted by molar-refractivity contribution is 8.00. The van der Waals surface area contributed by atoms with Gasteiger partial charge in [-0.15, -0.1) is 0 Å². The molecule has 3 atom stereocenters. The zero-order chi connectivity index (χ0) is 22.4. The lowest BCUT2D eigenvalue weighted by molar-refractivity contribution is -0.155. The number of benzene rings is 1. The lowest BCUT2D eigenvalue weighted by Gasteiger charge is -2.43. The molecule has 4 rings (SSSR count). The van der Waals surface area contributed by atoms with E-state index < -0.39 is 11.6 Å². The van der Waals surface area contributed by atoms with Gasteiger partial charge in [0.1, 0.15) is 5.75 Å². The van der Waals surface area contributed by atoms with Gasteiger partial charge in [0.05, 0.1) is 12.7 Å². The molecule has 1 saturated heterocycles. The minimum Gasteiger partial charge on any atom is -0.478 e.